The van der Waals surface area contributed by atoms with Crippen molar-refractivity contribution < 1.29 is 14.3 Å². The third-order valence-corrected chi connectivity index (χ3v) is 5.57. The molecule has 0 radical (unpaired) electrons. The molecule has 1 N–H and O–H groups in total. The molecular formula is C18H17ClN2O3S. The van der Waals surface area contributed by atoms with Gasteiger partial charge in [0.15, 0.2) is 11.5 Å². The van der Waals surface area contributed by atoms with Crippen LogP contribution >= 0.6 is 23.4 Å². The van der Waals surface area contributed by atoms with E-state index in [9.17, 15) is 4.79 Å². The van der Waals surface area contributed by atoms with Crippen molar-refractivity contribution in [2.75, 3.05) is 30.8 Å². The number of rotatable bonds is 2. The maximum absolute atomic E-state index is 12.7. The van der Waals surface area contributed by atoms with Crippen LogP contribution in [0.4, 0.5) is 10.5 Å². The number of urea groups is 1. The molecule has 4 rings (SSSR count). The zero-order valence-corrected chi connectivity index (χ0v) is 15.0. The van der Waals surface area contributed by atoms with Gasteiger partial charge in [-0.2, -0.15) is 0 Å². The fourth-order valence-corrected chi connectivity index (χ4v) is 4.37. The van der Waals surface area contributed by atoms with Crippen LogP contribution in [-0.2, 0) is 0 Å². The van der Waals surface area contributed by atoms with Crippen LogP contribution < -0.4 is 14.8 Å². The normalized spacial score (nSPS) is 18.9. The number of amides is 2. The van der Waals surface area contributed by atoms with Crippen molar-refractivity contribution in [2.45, 2.75) is 5.37 Å². The van der Waals surface area contributed by atoms with E-state index in [4.69, 9.17) is 21.1 Å². The molecule has 2 amide bonds. The Bertz CT molecular complexity index is 802. The molecule has 2 aliphatic rings. The van der Waals surface area contributed by atoms with Crippen LogP contribution in [0.15, 0.2) is 42.5 Å². The minimum absolute atomic E-state index is 0.0316. The Morgan fingerprint density at radius 2 is 2.00 bits per heavy atom. The zero-order chi connectivity index (χ0) is 17.2. The van der Waals surface area contributed by atoms with Gasteiger partial charge in [-0.15, -0.1) is 11.8 Å². The largest absolute Gasteiger partial charge is 0.486 e. The van der Waals surface area contributed by atoms with Crippen molar-refractivity contribution in [2.24, 2.45) is 0 Å². The van der Waals surface area contributed by atoms with Crippen molar-refractivity contribution >= 4 is 35.1 Å². The summed E-state index contributed by atoms with van der Waals surface area (Å²) in [5.74, 6) is 2.26. The molecule has 1 fully saturated rings. The number of thioether (sulfide) groups is 1. The Balaban J connectivity index is 1.50. The maximum atomic E-state index is 12.7. The van der Waals surface area contributed by atoms with E-state index in [1.807, 2.05) is 41.3 Å². The number of nitrogens with one attached hydrogen (secondary N) is 1. The van der Waals surface area contributed by atoms with Crippen LogP contribution in [0.5, 0.6) is 11.5 Å². The molecule has 2 aromatic carbocycles. The standard InChI is InChI=1S/C18H17ClN2O3S/c19-13-3-1-2-12(10-13)17-21(6-9-25-17)18(22)20-14-4-5-15-16(11-14)24-8-7-23-15/h1-5,10-11,17H,6-9H2,(H,20,22). The smallest absolute Gasteiger partial charge is 0.323 e. The first-order valence-electron chi connectivity index (χ1n) is 8.05. The summed E-state index contributed by atoms with van der Waals surface area (Å²) < 4.78 is 11.1. The van der Waals surface area contributed by atoms with Crippen molar-refractivity contribution in [3.63, 3.8) is 0 Å². The second-order valence-electron chi connectivity index (χ2n) is 5.76. The van der Waals surface area contributed by atoms with Gasteiger partial charge in [0.25, 0.3) is 0 Å². The molecule has 7 heteroatoms. The topological polar surface area (TPSA) is 50.8 Å². The van der Waals surface area contributed by atoms with Crippen LogP contribution in [-0.4, -0.2) is 36.4 Å². The van der Waals surface area contributed by atoms with Crippen LogP contribution in [0.3, 0.4) is 0 Å². The summed E-state index contributed by atoms with van der Waals surface area (Å²) >= 11 is 7.83. The van der Waals surface area contributed by atoms with Gasteiger partial charge in [-0.05, 0) is 29.8 Å². The number of hydrogen-bond donors (Lipinski definition) is 1. The van der Waals surface area contributed by atoms with Crippen molar-refractivity contribution in [3.05, 3.63) is 53.1 Å². The lowest BCUT2D eigenvalue weighted by molar-refractivity contribution is 0.171. The van der Waals surface area contributed by atoms with Gasteiger partial charge < -0.3 is 19.7 Å². The Labute approximate surface area is 155 Å². The third-order valence-electron chi connectivity index (χ3n) is 4.08. The van der Waals surface area contributed by atoms with E-state index in [-0.39, 0.29) is 11.4 Å². The molecule has 1 atom stereocenters. The molecule has 0 aliphatic carbocycles. The molecule has 2 aliphatic heterocycles. The summed E-state index contributed by atoms with van der Waals surface area (Å²) in [5.41, 5.74) is 1.73. The molecule has 1 unspecified atom stereocenters. The zero-order valence-electron chi connectivity index (χ0n) is 13.4. The van der Waals surface area contributed by atoms with Gasteiger partial charge in [-0.25, -0.2) is 4.79 Å². The minimum Gasteiger partial charge on any atom is -0.486 e. The Morgan fingerprint density at radius 3 is 2.84 bits per heavy atom. The van der Waals surface area contributed by atoms with E-state index >= 15 is 0 Å². The number of anilines is 1. The Hall–Kier alpha value is -2.05. The lowest BCUT2D eigenvalue weighted by atomic mass is 10.2. The summed E-state index contributed by atoms with van der Waals surface area (Å²) in [6.45, 7) is 1.76. The summed E-state index contributed by atoms with van der Waals surface area (Å²) in [6, 6.07) is 13.0. The first-order chi connectivity index (χ1) is 12.2. The summed E-state index contributed by atoms with van der Waals surface area (Å²) in [7, 11) is 0. The molecule has 2 heterocycles. The number of carbonyl (C=O) groups excluding carboxylic acids is 1. The van der Waals surface area contributed by atoms with E-state index in [0.29, 0.717) is 42.0 Å². The Morgan fingerprint density at radius 1 is 1.16 bits per heavy atom. The van der Waals surface area contributed by atoms with E-state index in [1.165, 1.54) is 0 Å². The number of benzene rings is 2. The molecule has 0 saturated carbocycles. The fraction of sp³-hybridized carbons (Fsp3) is 0.278. The number of fused-ring (bicyclic) bond motifs is 1. The highest BCUT2D eigenvalue weighted by Crippen LogP contribution is 2.39. The van der Waals surface area contributed by atoms with Gasteiger partial charge in [0.05, 0.1) is 0 Å². The fourth-order valence-electron chi connectivity index (χ4n) is 2.93. The lowest BCUT2D eigenvalue weighted by Crippen LogP contribution is -2.34. The molecule has 5 nitrogen and oxygen atoms in total. The SMILES string of the molecule is O=C(Nc1ccc2c(c1)OCCO2)N1CCSC1c1cccc(Cl)c1. The van der Waals surface area contributed by atoms with E-state index in [1.54, 1.807) is 17.8 Å². The van der Waals surface area contributed by atoms with Gasteiger partial charge in [0.2, 0.25) is 0 Å². The second kappa shape index (κ2) is 7.06. The summed E-state index contributed by atoms with van der Waals surface area (Å²) in [5, 5.41) is 3.60. The molecule has 0 bridgehead atoms. The van der Waals surface area contributed by atoms with E-state index in [0.717, 1.165) is 11.3 Å². The monoisotopic (exact) mass is 376 g/mol. The second-order valence-corrected chi connectivity index (χ2v) is 7.38. The number of ether oxygens (including phenoxy) is 2. The van der Waals surface area contributed by atoms with Gasteiger partial charge in [0.1, 0.15) is 18.6 Å². The number of nitrogens with zero attached hydrogens (tertiary/aromatic N) is 1. The van der Waals surface area contributed by atoms with Crippen LogP contribution in [0.25, 0.3) is 0 Å². The van der Waals surface area contributed by atoms with Crippen molar-refractivity contribution in [3.8, 4) is 11.5 Å². The van der Waals surface area contributed by atoms with E-state index in [2.05, 4.69) is 5.32 Å². The van der Waals surface area contributed by atoms with Crippen LogP contribution in [0.1, 0.15) is 10.9 Å². The highest BCUT2D eigenvalue weighted by molar-refractivity contribution is 7.99. The average molecular weight is 377 g/mol. The molecule has 130 valence electrons. The van der Waals surface area contributed by atoms with Gasteiger partial charge >= 0.3 is 6.03 Å². The highest BCUT2D eigenvalue weighted by Gasteiger charge is 2.31. The third kappa shape index (κ3) is 3.50. The molecule has 1 saturated heterocycles. The average Bonchev–Trinajstić information content (AvgIpc) is 3.11. The number of halogens is 1. The molecule has 25 heavy (non-hydrogen) atoms. The van der Waals surface area contributed by atoms with E-state index < -0.39 is 0 Å². The quantitative estimate of drug-likeness (QED) is 0.844. The first kappa shape index (κ1) is 16.4. The summed E-state index contributed by atoms with van der Waals surface area (Å²) in [4.78, 5) is 14.6. The van der Waals surface area contributed by atoms with Gasteiger partial charge in [0, 0.05) is 29.1 Å². The van der Waals surface area contributed by atoms with Crippen molar-refractivity contribution in [1.29, 1.82) is 0 Å². The minimum atomic E-state index is -0.133. The van der Waals surface area contributed by atoms with Crippen molar-refractivity contribution in [1.82, 2.24) is 4.90 Å². The maximum Gasteiger partial charge on any atom is 0.323 e. The number of hydrogen-bond acceptors (Lipinski definition) is 4. The predicted octanol–water partition coefficient (Wildman–Crippen LogP) is 4.39. The molecule has 0 spiro atoms. The Kier molecular flexibility index (Phi) is 4.63. The predicted molar refractivity (Wildman–Crippen MR) is 99.8 cm³/mol. The van der Waals surface area contributed by atoms with Crippen LogP contribution in [0, 0.1) is 0 Å². The highest BCUT2D eigenvalue weighted by atomic mass is 35.5. The van der Waals surface area contributed by atoms with Gasteiger partial charge in [-0.3, -0.25) is 0 Å². The molecular weight excluding hydrogens is 360 g/mol. The first-order valence-corrected chi connectivity index (χ1v) is 9.48. The number of carbonyl (C=O) groups is 1. The molecule has 2 aromatic rings. The van der Waals surface area contributed by atoms with Crippen LogP contribution in [0.2, 0.25) is 5.02 Å². The lowest BCUT2D eigenvalue weighted by Gasteiger charge is -2.25. The summed E-state index contributed by atoms with van der Waals surface area (Å²) in [6.07, 6.45) is 0. The van der Waals surface area contributed by atoms with Gasteiger partial charge in [-0.1, -0.05) is 23.7 Å². The molecule has 0 aromatic heterocycles.